The van der Waals surface area contributed by atoms with Crippen LogP contribution in [0, 0.1) is 0 Å². The summed E-state index contributed by atoms with van der Waals surface area (Å²) < 4.78 is 131. The zero-order valence-electron chi connectivity index (χ0n) is 20.8. The third kappa shape index (κ3) is 5.46. The second kappa shape index (κ2) is 10.2. The molecule has 216 valence electrons. The Morgan fingerprint density at radius 1 is 0.925 bits per heavy atom. The number of unbranched alkanes of at least 4 members (excludes halogenated alkanes) is 1. The smallest absolute Gasteiger partial charge is 0.376 e. The Morgan fingerprint density at radius 2 is 1.62 bits per heavy atom. The van der Waals surface area contributed by atoms with Gasteiger partial charge in [-0.1, -0.05) is 38.8 Å². The van der Waals surface area contributed by atoms with E-state index in [4.69, 9.17) is 0 Å². The number of pyridine rings is 1. The van der Waals surface area contributed by atoms with E-state index in [1.165, 1.54) is 36.5 Å². The summed E-state index contributed by atoms with van der Waals surface area (Å²) >= 11 is 0. The highest BCUT2D eigenvalue weighted by Crippen LogP contribution is 2.36. The van der Waals surface area contributed by atoms with Crippen LogP contribution in [0.4, 0.5) is 26.3 Å². The fourth-order valence-electron chi connectivity index (χ4n) is 4.04. The molecule has 0 radical (unpaired) electrons. The molecule has 0 aliphatic heterocycles. The predicted molar refractivity (Wildman–Crippen MR) is 134 cm³/mol. The molecule has 40 heavy (non-hydrogen) atoms. The Labute approximate surface area is 224 Å². The zero-order valence-corrected chi connectivity index (χ0v) is 22.4. The van der Waals surface area contributed by atoms with E-state index < -0.39 is 42.8 Å². The monoisotopic (exact) mass is 609 g/mol. The van der Waals surface area contributed by atoms with Crippen LogP contribution in [0.15, 0.2) is 48.7 Å². The minimum absolute atomic E-state index is 0.0309. The lowest BCUT2D eigenvalue weighted by atomic mass is 10.0. The third-order valence-electron chi connectivity index (χ3n) is 6.08. The van der Waals surface area contributed by atoms with E-state index >= 15 is 0 Å². The van der Waals surface area contributed by atoms with Crippen molar-refractivity contribution in [2.45, 2.75) is 50.0 Å². The Balaban J connectivity index is 1.81. The maximum Gasteiger partial charge on any atom is 0.534 e. The molecule has 0 aliphatic carbocycles. The summed E-state index contributed by atoms with van der Waals surface area (Å²) in [5.74, 6) is -1.44. The highest BCUT2D eigenvalue weighted by Gasteiger charge is 2.50. The van der Waals surface area contributed by atoms with Crippen molar-refractivity contribution in [3.05, 3.63) is 54.5 Å². The molecule has 0 amide bonds. The normalized spacial score (nSPS) is 14.1. The van der Waals surface area contributed by atoms with Gasteiger partial charge in [0.15, 0.2) is 0 Å². The number of hydrogen-bond donors (Lipinski definition) is 0. The highest BCUT2D eigenvalue weighted by atomic mass is 32.2. The second-order valence-corrected chi connectivity index (χ2v) is 12.3. The Bertz CT molecular complexity index is 1800. The van der Waals surface area contributed by atoms with Crippen molar-refractivity contribution < 1.29 is 47.4 Å². The van der Waals surface area contributed by atoms with Crippen molar-refractivity contribution in [3.8, 4) is 17.0 Å². The third-order valence-corrected chi connectivity index (χ3v) is 8.51. The van der Waals surface area contributed by atoms with Gasteiger partial charge in [-0.3, -0.25) is 4.98 Å². The Hall–Kier alpha value is -3.40. The summed E-state index contributed by atoms with van der Waals surface area (Å²) in [7, 11) is -11.7. The quantitative estimate of drug-likeness (QED) is 0.128. The Morgan fingerprint density at radius 3 is 2.25 bits per heavy atom. The van der Waals surface area contributed by atoms with Crippen LogP contribution in [0.3, 0.4) is 0 Å². The summed E-state index contributed by atoms with van der Waals surface area (Å²) in [5, 5.41) is 0.587. The molecule has 0 spiro atoms. The number of hydrogen-bond acceptors (Lipinski definition) is 7. The maximum atomic E-state index is 13.7. The number of halogens is 6. The van der Waals surface area contributed by atoms with Crippen molar-refractivity contribution in [1.82, 2.24) is 13.9 Å². The van der Waals surface area contributed by atoms with Crippen LogP contribution in [0.5, 0.6) is 5.75 Å². The molecular formula is C24H21F6N3O5S2. The van der Waals surface area contributed by atoms with E-state index in [0.717, 1.165) is 18.6 Å². The van der Waals surface area contributed by atoms with Gasteiger partial charge in [0.25, 0.3) is 0 Å². The molecular weight excluding hydrogens is 588 g/mol. The molecule has 0 saturated carbocycles. The van der Waals surface area contributed by atoms with Crippen molar-refractivity contribution >= 4 is 41.9 Å². The molecule has 2 aromatic heterocycles. The van der Waals surface area contributed by atoms with Crippen LogP contribution >= 0.6 is 0 Å². The van der Waals surface area contributed by atoms with E-state index in [1.54, 1.807) is 6.92 Å². The first kappa shape index (κ1) is 29.6. The predicted octanol–water partition coefficient (Wildman–Crippen LogP) is 6.47. The van der Waals surface area contributed by atoms with Gasteiger partial charge in [-0.15, -0.1) is 0 Å². The number of aromatic nitrogens is 3. The van der Waals surface area contributed by atoms with Crippen LogP contribution in [0.25, 0.3) is 33.1 Å². The second-order valence-electron chi connectivity index (χ2n) is 8.99. The largest absolute Gasteiger partial charge is 0.534 e. The minimum Gasteiger partial charge on any atom is -0.376 e. The minimum atomic E-state index is -5.89. The molecule has 0 N–H and O–H groups in total. The molecule has 2 heterocycles. The van der Waals surface area contributed by atoms with Gasteiger partial charge in [0, 0.05) is 23.1 Å². The molecule has 8 nitrogen and oxygen atoms in total. The number of imidazole rings is 1. The van der Waals surface area contributed by atoms with Gasteiger partial charge in [0.05, 0.1) is 16.7 Å². The van der Waals surface area contributed by atoms with Crippen LogP contribution < -0.4 is 4.18 Å². The molecule has 2 aromatic carbocycles. The topological polar surface area (TPSA) is 108 Å². The van der Waals surface area contributed by atoms with Gasteiger partial charge < -0.3 is 4.18 Å². The maximum absolute atomic E-state index is 13.7. The van der Waals surface area contributed by atoms with Gasteiger partial charge >= 0.3 is 31.2 Å². The van der Waals surface area contributed by atoms with Crippen molar-refractivity contribution in [1.29, 1.82) is 0 Å². The molecule has 16 heteroatoms. The average molecular weight is 610 g/mol. The number of fused-ring (bicyclic) bond motifs is 2. The van der Waals surface area contributed by atoms with Gasteiger partial charge in [-0.25, -0.2) is 8.96 Å². The zero-order chi connectivity index (χ0) is 29.7. The molecule has 1 atom stereocenters. The fourth-order valence-corrected chi connectivity index (χ4v) is 5.57. The van der Waals surface area contributed by atoms with Crippen LogP contribution in [0.2, 0.25) is 0 Å². The molecule has 0 saturated heterocycles. The van der Waals surface area contributed by atoms with E-state index in [-0.39, 0.29) is 37.5 Å². The lowest BCUT2D eigenvalue weighted by Crippen LogP contribution is -2.31. The van der Waals surface area contributed by atoms with Crippen molar-refractivity contribution in [2.75, 3.05) is 0 Å². The SMILES string of the molecule is CCCC[C@H](C)c1nc2ccc(-c3cc4ccc(OS(=O)(=O)C(F)(F)F)cc4cn3)cc2n1S(=O)(=O)C(F)(F)F. The first-order chi connectivity index (χ1) is 18.5. The highest BCUT2D eigenvalue weighted by molar-refractivity contribution is 7.91. The van der Waals surface area contributed by atoms with Gasteiger partial charge in [0.1, 0.15) is 11.6 Å². The van der Waals surface area contributed by atoms with E-state index in [2.05, 4.69) is 14.2 Å². The summed E-state index contributed by atoms with van der Waals surface area (Å²) in [5.41, 5.74) is -11.0. The van der Waals surface area contributed by atoms with Crippen LogP contribution in [-0.4, -0.2) is 41.8 Å². The molecule has 4 aromatic rings. The van der Waals surface area contributed by atoms with Crippen molar-refractivity contribution in [3.63, 3.8) is 0 Å². The first-order valence-corrected chi connectivity index (χ1v) is 14.6. The van der Waals surface area contributed by atoms with Gasteiger partial charge in [-0.2, -0.15) is 43.2 Å². The molecule has 0 aliphatic rings. The summed E-state index contributed by atoms with van der Waals surface area (Å²) in [6.45, 7) is 3.49. The summed E-state index contributed by atoms with van der Waals surface area (Å²) in [6.07, 6.45) is 3.02. The number of alkyl halides is 6. The molecule has 0 fully saturated rings. The lowest BCUT2D eigenvalue weighted by Gasteiger charge is -2.16. The molecule has 4 rings (SSSR count). The summed E-state index contributed by atoms with van der Waals surface area (Å²) in [6, 6.07) is 8.80. The summed E-state index contributed by atoms with van der Waals surface area (Å²) in [4.78, 5) is 8.37. The molecule has 0 unspecified atom stereocenters. The van der Waals surface area contributed by atoms with Crippen molar-refractivity contribution in [2.24, 2.45) is 0 Å². The Kier molecular flexibility index (Phi) is 7.55. The number of rotatable bonds is 8. The fraction of sp³-hybridized carbons (Fsp3) is 0.333. The van der Waals surface area contributed by atoms with Gasteiger partial charge in [0.2, 0.25) is 0 Å². The average Bonchev–Trinajstić information content (AvgIpc) is 3.25. The number of nitrogens with zero attached hydrogens (tertiary/aromatic N) is 3. The first-order valence-electron chi connectivity index (χ1n) is 11.7. The lowest BCUT2D eigenvalue weighted by molar-refractivity contribution is -0.0500. The standard InChI is InChI=1S/C24H21F6N3O5S2/c1-3-4-5-14(2)22-32-19-9-7-16(12-21(19)33(22)39(34,35)23(25,26)27)20-11-15-6-8-18(10-17(15)13-31-20)38-40(36,37)24(28,29)30/h6-14H,3-5H2,1-2H3/t14-/m0/s1. The van der Waals surface area contributed by atoms with E-state index in [0.29, 0.717) is 18.2 Å². The van der Waals surface area contributed by atoms with E-state index in [1.807, 2.05) is 6.92 Å². The van der Waals surface area contributed by atoms with Crippen LogP contribution in [0.1, 0.15) is 44.9 Å². The van der Waals surface area contributed by atoms with Gasteiger partial charge in [-0.05, 0) is 42.1 Å². The van der Waals surface area contributed by atoms with E-state index in [9.17, 15) is 43.2 Å². The molecule has 0 bridgehead atoms. The number of benzene rings is 2. The van der Waals surface area contributed by atoms with Crippen LogP contribution in [-0.2, 0) is 20.1 Å².